The third-order valence-electron chi connectivity index (χ3n) is 5.13. The molecule has 0 saturated heterocycles. The third kappa shape index (κ3) is 3.22. The van der Waals surface area contributed by atoms with Gasteiger partial charge in [0.05, 0.1) is 11.9 Å². The quantitative estimate of drug-likeness (QED) is 0.766. The monoisotopic (exact) mass is 337 g/mol. The minimum Gasteiger partial charge on any atom is -0.326 e. The number of rotatable bonds is 4. The van der Waals surface area contributed by atoms with E-state index in [0.717, 1.165) is 23.4 Å². The number of hydrogen-bond acceptors (Lipinski definition) is 4. The molecule has 1 aliphatic rings. The van der Waals surface area contributed by atoms with Crippen LogP contribution in [-0.4, -0.2) is 19.5 Å². The van der Waals surface area contributed by atoms with Gasteiger partial charge < -0.3 is 5.73 Å². The van der Waals surface area contributed by atoms with E-state index in [2.05, 4.69) is 9.97 Å². The molecule has 1 aliphatic carbocycles. The molecule has 1 fully saturated rings. The number of fused-ring (bicyclic) bond motifs is 1. The lowest BCUT2D eigenvalue weighted by molar-refractivity contribution is 0.319. The van der Waals surface area contributed by atoms with Crippen LogP contribution in [-0.2, 0) is 13.1 Å². The van der Waals surface area contributed by atoms with Gasteiger partial charge in [0.25, 0.3) is 0 Å². The lowest BCUT2D eigenvalue weighted by Crippen LogP contribution is -2.23. The standard InChI is InChI=1S/C19H23N5O/c20-10-13-6-8-15(9-7-13)16-11-21-17-18(22-16)24(19(25)23-17)12-14-4-2-1-3-5-14/h6-9,11,14H,1-5,10,12,20H2,(H,21,23,25). The Kier molecular flexibility index (Phi) is 4.36. The van der Waals surface area contributed by atoms with Gasteiger partial charge in [0, 0.05) is 18.7 Å². The van der Waals surface area contributed by atoms with E-state index in [4.69, 9.17) is 10.7 Å². The highest BCUT2D eigenvalue weighted by atomic mass is 16.1. The normalized spacial score (nSPS) is 15.7. The Morgan fingerprint density at radius 3 is 2.64 bits per heavy atom. The van der Waals surface area contributed by atoms with E-state index in [-0.39, 0.29) is 5.69 Å². The number of nitrogens with one attached hydrogen (secondary N) is 1. The second-order valence-corrected chi connectivity index (χ2v) is 6.87. The van der Waals surface area contributed by atoms with E-state index in [9.17, 15) is 4.79 Å². The van der Waals surface area contributed by atoms with Crippen LogP contribution < -0.4 is 11.4 Å². The first kappa shape index (κ1) is 16.0. The van der Waals surface area contributed by atoms with Crippen LogP contribution in [0, 0.1) is 5.92 Å². The van der Waals surface area contributed by atoms with Crippen LogP contribution in [0.25, 0.3) is 22.6 Å². The predicted molar refractivity (Wildman–Crippen MR) is 98.1 cm³/mol. The van der Waals surface area contributed by atoms with Gasteiger partial charge in [-0.05, 0) is 24.3 Å². The van der Waals surface area contributed by atoms with Crippen LogP contribution in [0.4, 0.5) is 0 Å². The molecule has 4 rings (SSSR count). The molecule has 2 aromatic heterocycles. The van der Waals surface area contributed by atoms with Crippen molar-refractivity contribution in [1.82, 2.24) is 19.5 Å². The van der Waals surface area contributed by atoms with E-state index in [0.29, 0.717) is 23.8 Å². The first-order chi connectivity index (χ1) is 12.2. The molecule has 1 aromatic carbocycles. The van der Waals surface area contributed by atoms with E-state index in [1.165, 1.54) is 32.1 Å². The summed E-state index contributed by atoms with van der Waals surface area (Å²) in [4.78, 5) is 24.3. The second-order valence-electron chi connectivity index (χ2n) is 6.87. The van der Waals surface area contributed by atoms with E-state index < -0.39 is 0 Å². The minimum atomic E-state index is -0.115. The van der Waals surface area contributed by atoms with Gasteiger partial charge in [-0.1, -0.05) is 43.5 Å². The van der Waals surface area contributed by atoms with Crippen molar-refractivity contribution in [2.24, 2.45) is 11.7 Å². The van der Waals surface area contributed by atoms with Crippen molar-refractivity contribution in [3.05, 3.63) is 46.5 Å². The molecule has 0 atom stereocenters. The Morgan fingerprint density at radius 1 is 1.16 bits per heavy atom. The number of aromatic nitrogens is 4. The maximum atomic E-state index is 12.4. The zero-order valence-corrected chi connectivity index (χ0v) is 14.2. The largest absolute Gasteiger partial charge is 0.328 e. The van der Waals surface area contributed by atoms with E-state index in [1.54, 1.807) is 10.8 Å². The topological polar surface area (TPSA) is 89.6 Å². The lowest BCUT2D eigenvalue weighted by Gasteiger charge is -2.21. The zero-order chi connectivity index (χ0) is 17.2. The fourth-order valence-electron chi connectivity index (χ4n) is 3.67. The second kappa shape index (κ2) is 6.80. The van der Waals surface area contributed by atoms with Crippen molar-refractivity contribution in [2.45, 2.75) is 45.2 Å². The molecule has 3 aromatic rings. The molecule has 6 heteroatoms. The maximum absolute atomic E-state index is 12.4. The Labute approximate surface area is 146 Å². The number of imidazole rings is 1. The number of nitrogens with zero attached hydrogens (tertiary/aromatic N) is 3. The van der Waals surface area contributed by atoms with Crippen molar-refractivity contribution in [1.29, 1.82) is 0 Å². The van der Waals surface area contributed by atoms with Gasteiger partial charge in [0.15, 0.2) is 11.3 Å². The number of nitrogens with two attached hydrogens (primary N) is 1. The SMILES string of the molecule is NCc1ccc(-c2cnc3[nH]c(=O)n(CC4CCCCC4)c3n2)cc1. The van der Waals surface area contributed by atoms with Gasteiger partial charge in [-0.25, -0.2) is 14.8 Å². The van der Waals surface area contributed by atoms with Gasteiger partial charge in [-0.2, -0.15) is 0 Å². The summed E-state index contributed by atoms with van der Waals surface area (Å²) in [6, 6.07) is 7.98. The predicted octanol–water partition coefficient (Wildman–Crippen LogP) is 2.83. The summed E-state index contributed by atoms with van der Waals surface area (Å²) in [5, 5.41) is 0. The molecular formula is C19H23N5O. The molecular weight excluding hydrogens is 314 g/mol. The van der Waals surface area contributed by atoms with Gasteiger partial charge in [-0.15, -0.1) is 0 Å². The Hall–Kier alpha value is -2.47. The summed E-state index contributed by atoms with van der Waals surface area (Å²) < 4.78 is 1.76. The third-order valence-corrected chi connectivity index (χ3v) is 5.13. The smallest absolute Gasteiger partial charge is 0.326 e. The van der Waals surface area contributed by atoms with Crippen LogP contribution in [0.5, 0.6) is 0 Å². The van der Waals surface area contributed by atoms with Crippen LogP contribution in [0.2, 0.25) is 0 Å². The summed E-state index contributed by atoms with van der Waals surface area (Å²) in [7, 11) is 0. The molecule has 0 amide bonds. The Balaban J connectivity index is 1.70. The zero-order valence-electron chi connectivity index (χ0n) is 14.2. The molecule has 25 heavy (non-hydrogen) atoms. The van der Waals surface area contributed by atoms with Crippen LogP contribution in [0.1, 0.15) is 37.7 Å². The lowest BCUT2D eigenvalue weighted by atomic mass is 9.89. The van der Waals surface area contributed by atoms with Crippen molar-refractivity contribution in [3.63, 3.8) is 0 Å². The number of H-pyrrole nitrogens is 1. The molecule has 0 radical (unpaired) electrons. The molecule has 1 saturated carbocycles. The summed E-state index contributed by atoms with van der Waals surface area (Å²) in [6.07, 6.45) is 7.90. The molecule has 3 N–H and O–H groups in total. The highest BCUT2D eigenvalue weighted by molar-refractivity contribution is 5.70. The number of aromatic amines is 1. The molecule has 0 spiro atoms. The first-order valence-electron chi connectivity index (χ1n) is 8.99. The van der Waals surface area contributed by atoms with Crippen molar-refractivity contribution in [2.75, 3.05) is 0 Å². The van der Waals surface area contributed by atoms with Gasteiger partial charge in [-0.3, -0.25) is 9.55 Å². The summed E-state index contributed by atoms with van der Waals surface area (Å²) in [5.41, 5.74) is 9.57. The summed E-state index contributed by atoms with van der Waals surface area (Å²) in [6.45, 7) is 1.24. The molecule has 0 aliphatic heterocycles. The first-order valence-corrected chi connectivity index (χ1v) is 8.99. The summed E-state index contributed by atoms with van der Waals surface area (Å²) in [5.74, 6) is 0.555. The molecule has 0 bridgehead atoms. The van der Waals surface area contributed by atoms with Crippen molar-refractivity contribution >= 4 is 11.3 Å². The van der Waals surface area contributed by atoms with Gasteiger partial charge >= 0.3 is 5.69 Å². The fourth-order valence-corrected chi connectivity index (χ4v) is 3.67. The van der Waals surface area contributed by atoms with Gasteiger partial charge in [0.1, 0.15) is 0 Å². The highest BCUT2D eigenvalue weighted by Gasteiger charge is 2.18. The molecule has 2 heterocycles. The van der Waals surface area contributed by atoms with Gasteiger partial charge in [0.2, 0.25) is 0 Å². The minimum absolute atomic E-state index is 0.115. The average molecular weight is 337 g/mol. The maximum Gasteiger partial charge on any atom is 0.328 e. The summed E-state index contributed by atoms with van der Waals surface area (Å²) >= 11 is 0. The highest BCUT2D eigenvalue weighted by Crippen LogP contribution is 2.26. The van der Waals surface area contributed by atoms with Crippen LogP contribution >= 0.6 is 0 Å². The molecule has 6 nitrogen and oxygen atoms in total. The molecule has 0 unspecified atom stereocenters. The van der Waals surface area contributed by atoms with Crippen LogP contribution in [0.3, 0.4) is 0 Å². The van der Waals surface area contributed by atoms with Crippen molar-refractivity contribution < 1.29 is 0 Å². The van der Waals surface area contributed by atoms with E-state index in [1.807, 2.05) is 24.3 Å². The van der Waals surface area contributed by atoms with Crippen LogP contribution in [0.15, 0.2) is 35.3 Å². The number of hydrogen-bond donors (Lipinski definition) is 2. The molecule has 130 valence electrons. The van der Waals surface area contributed by atoms with Crippen molar-refractivity contribution in [3.8, 4) is 11.3 Å². The van der Waals surface area contributed by atoms with E-state index >= 15 is 0 Å². The number of benzene rings is 1. The Bertz CT molecular complexity index is 919. The fraction of sp³-hybridized carbons (Fsp3) is 0.421. The Morgan fingerprint density at radius 2 is 1.92 bits per heavy atom. The average Bonchev–Trinajstić information content (AvgIpc) is 2.97.